The molecule has 0 rings (SSSR count). The largest absolute Gasteiger partial charge is 0.450 e. The summed E-state index contributed by atoms with van der Waals surface area (Å²) in [4.78, 5) is 29.5. The number of rotatable bonds is 5. The van der Waals surface area contributed by atoms with Crippen LogP contribution in [-0.2, 0) is 20.9 Å². The van der Waals surface area contributed by atoms with Crippen LogP contribution in [0.3, 0.4) is 0 Å². The summed E-state index contributed by atoms with van der Waals surface area (Å²) in [5, 5.41) is 4.32. The van der Waals surface area contributed by atoms with Gasteiger partial charge in [0.25, 0.3) is 0 Å². The van der Waals surface area contributed by atoms with E-state index in [1.165, 1.54) is 0 Å². The fourth-order valence-electron chi connectivity index (χ4n) is 0.533. The molecule has 0 aliphatic rings. The first kappa shape index (κ1) is 15.0. The van der Waals surface area contributed by atoms with E-state index in [2.05, 4.69) is 33.0 Å². The van der Waals surface area contributed by atoms with Gasteiger partial charge in [0.05, 0.1) is 5.75 Å². The molecule has 0 aromatic rings. The van der Waals surface area contributed by atoms with E-state index in [0.717, 1.165) is 0 Å². The number of thiol groups is 1. The highest BCUT2D eigenvalue weighted by molar-refractivity contribution is 7.80. The molecule has 0 aromatic carbocycles. The highest BCUT2D eigenvalue weighted by Gasteiger charge is 2.08. The first-order valence-corrected chi connectivity index (χ1v) is 6.05. The predicted molar refractivity (Wildman–Crippen MR) is 58.5 cm³/mol. The SMILES string of the molecule is O=C(NCCS)OOC(=O)NCCS(=O)O. The van der Waals surface area contributed by atoms with E-state index in [1.807, 2.05) is 0 Å². The Labute approximate surface area is 99.7 Å². The van der Waals surface area contributed by atoms with E-state index >= 15 is 0 Å². The fourth-order valence-corrected chi connectivity index (χ4v) is 0.921. The lowest BCUT2D eigenvalue weighted by Crippen LogP contribution is -2.32. The molecule has 16 heavy (non-hydrogen) atoms. The average molecular weight is 272 g/mol. The molecule has 2 amide bonds. The van der Waals surface area contributed by atoms with E-state index in [-0.39, 0.29) is 18.8 Å². The van der Waals surface area contributed by atoms with Crippen LogP contribution in [0.15, 0.2) is 0 Å². The molecule has 8 nitrogen and oxygen atoms in total. The van der Waals surface area contributed by atoms with Crippen molar-refractivity contribution in [3.05, 3.63) is 0 Å². The summed E-state index contributed by atoms with van der Waals surface area (Å²) in [6.45, 7) is 0.208. The molecule has 0 heterocycles. The maximum atomic E-state index is 10.8. The van der Waals surface area contributed by atoms with Crippen molar-refractivity contribution < 1.29 is 28.1 Å². The summed E-state index contributed by atoms with van der Waals surface area (Å²) in [6, 6.07) is 0. The summed E-state index contributed by atoms with van der Waals surface area (Å²) < 4.78 is 18.5. The van der Waals surface area contributed by atoms with Gasteiger partial charge in [-0.2, -0.15) is 12.6 Å². The molecule has 0 saturated carbocycles. The summed E-state index contributed by atoms with van der Waals surface area (Å²) in [5.74, 6) is 0.282. The maximum absolute atomic E-state index is 10.8. The molecule has 94 valence electrons. The molecule has 1 atom stereocenters. The molecule has 1 unspecified atom stereocenters. The van der Waals surface area contributed by atoms with Crippen LogP contribution in [0.1, 0.15) is 0 Å². The zero-order chi connectivity index (χ0) is 12.4. The van der Waals surface area contributed by atoms with Crippen molar-refractivity contribution in [2.45, 2.75) is 0 Å². The number of carbonyl (C=O) groups excluding carboxylic acids is 2. The van der Waals surface area contributed by atoms with Crippen LogP contribution < -0.4 is 10.6 Å². The second-order valence-electron chi connectivity index (χ2n) is 2.34. The molecule has 0 fully saturated rings. The second-order valence-corrected chi connectivity index (χ2v) is 3.84. The molecule has 10 heteroatoms. The Hall–Kier alpha value is -1.00. The van der Waals surface area contributed by atoms with Crippen LogP contribution in [0.4, 0.5) is 9.59 Å². The summed E-state index contributed by atoms with van der Waals surface area (Å²) >= 11 is 1.83. The second kappa shape index (κ2) is 9.24. The van der Waals surface area contributed by atoms with Crippen molar-refractivity contribution >= 4 is 35.9 Å². The van der Waals surface area contributed by atoms with Crippen LogP contribution in [0, 0.1) is 0 Å². The molecule has 3 N–H and O–H groups in total. The Morgan fingerprint density at radius 2 is 1.69 bits per heavy atom. The lowest BCUT2D eigenvalue weighted by Gasteiger charge is -2.04. The van der Waals surface area contributed by atoms with Crippen molar-refractivity contribution in [2.24, 2.45) is 0 Å². The summed E-state index contributed by atoms with van der Waals surface area (Å²) in [5.41, 5.74) is 0. The fraction of sp³-hybridized carbons (Fsp3) is 0.667. The molecule has 0 aromatic heterocycles. The van der Waals surface area contributed by atoms with Crippen molar-refractivity contribution in [1.82, 2.24) is 10.6 Å². The standard InChI is InChI=1S/C6H12N2O6S2/c9-5(7-1-3-15)13-14-6(10)8-2-4-16(11)12/h15H,1-4H2,(H,7,9)(H,8,10)(H,11,12). The van der Waals surface area contributed by atoms with Crippen LogP contribution in [0.25, 0.3) is 0 Å². The van der Waals surface area contributed by atoms with Crippen molar-refractivity contribution in [3.63, 3.8) is 0 Å². The Bertz CT molecular complexity index is 261. The van der Waals surface area contributed by atoms with E-state index in [9.17, 15) is 13.8 Å². The first-order valence-electron chi connectivity index (χ1n) is 4.14. The van der Waals surface area contributed by atoms with Crippen LogP contribution >= 0.6 is 12.6 Å². The lowest BCUT2D eigenvalue weighted by molar-refractivity contribution is -0.178. The van der Waals surface area contributed by atoms with Gasteiger partial charge in [0.2, 0.25) is 0 Å². The molecular formula is C6H12N2O6S2. The van der Waals surface area contributed by atoms with Crippen molar-refractivity contribution in [3.8, 4) is 0 Å². The smallest absolute Gasteiger partial charge is 0.318 e. The highest BCUT2D eigenvalue weighted by atomic mass is 32.2. The normalized spacial score (nSPS) is 11.4. The number of nitrogens with one attached hydrogen (secondary N) is 2. The minimum Gasteiger partial charge on any atom is -0.318 e. The van der Waals surface area contributed by atoms with Gasteiger partial charge in [-0.15, -0.1) is 0 Å². The minimum atomic E-state index is -2.00. The van der Waals surface area contributed by atoms with Crippen molar-refractivity contribution in [2.75, 3.05) is 24.6 Å². The Balaban J connectivity index is 3.49. The summed E-state index contributed by atoms with van der Waals surface area (Å²) in [6.07, 6.45) is -1.94. The van der Waals surface area contributed by atoms with Gasteiger partial charge in [0.1, 0.15) is 0 Å². The molecule has 0 saturated heterocycles. The highest BCUT2D eigenvalue weighted by Crippen LogP contribution is 1.83. The van der Waals surface area contributed by atoms with Gasteiger partial charge in [-0.25, -0.2) is 23.6 Å². The Morgan fingerprint density at radius 3 is 2.12 bits per heavy atom. The molecule has 0 bridgehead atoms. The van der Waals surface area contributed by atoms with Gasteiger partial charge in [-0.3, -0.25) is 0 Å². The third-order valence-corrected chi connectivity index (χ3v) is 1.90. The number of hydrogen-bond acceptors (Lipinski definition) is 6. The molecule has 0 spiro atoms. The van der Waals surface area contributed by atoms with Crippen LogP contribution in [0.2, 0.25) is 0 Å². The average Bonchev–Trinajstić information content (AvgIpc) is 2.23. The zero-order valence-corrected chi connectivity index (χ0v) is 9.88. The van der Waals surface area contributed by atoms with Crippen LogP contribution in [-0.4, -0.2) is 45.5 Å². The number of carbonyl (C=O) groups is 2. The molecular weight excluding hydrogens is 260 g/mol. The van der Waals surface area contributed by atoms with Gasteiger partial charge in [0.15, 0.2) is 11.1 Å². The summed E-state index contributed by atoms with van der Waals surface area (Å²) in [7, 11) is 0. The lowest BCUT2D eigenvalue weighted by atomic mass is 10.7. The van der Waals surface area contributed by atoms with Crippen LogP contribution in [0.5, 0.6) is 0 Å². The molecule has 0 aliphatic heterocycles. The van der Waals surface area contributed by atoms with Gasteiger partial charge in [0, 0.05) is 18.8 Å². The van der Waals surface area contributed by atoms with Gasteiger partial charge < -0.3 is 15.2 Å². The minimum absolute atomic E-state index is 0.0659. The van der Waals surface area contributed by atoms with E-state index in [4.69, 9.17) is 4.55 Å². The Morgan fingerprint density at radius 1 is 1.19 bits per heavy atom. The third kappa shape index (κ3) is 9.55. The van der Waals surface area contributed by atoms with Gasteiger partial charge in [-0.1, -0.05) is 0 Å². The number of hydrogen-bond donors (Lipinski definition) is 4. The topological polar surface area (TPSA) is 114 Å². The zero-order valence-electron chi connectivity index (χ0n) is 8.17. The maximum Gasteiger partial charge on any atom is 0.450 e. The van der Waals surface area contributed by atoms with E-state index < -0.39 is 23.3 Å². The third-order valence-electron chi connectivity index (χ3n) is 1.12. The monoisotopic (exact) mass is 272 g/mol. The Kier molecular flexibility index (Phi) is 8.66. The van der Waals surface area contributed by atoms with Crippen molar-refractivity contribution in [1.29, 1.82) is 0 Å². The quantitative estimate of drug-likeness (QED) is 0.232. The van der Waals surface area contributed by atoms with E-state index in [0.29, 0.717) is 5.75 Å². The molecule has 0 aliphatic carbocycles. The van der Waals surface area contributed by atoms with Gasteiger partial charge in [-0.05, 0) is 0 Å². The number of amides is 2. The molecule has 0 radical (unpaired) electrons. The van der Waals surface area contributed by atoms with Gasteiger partial charge >= 0.3 is 12.2 Å². The predicted octanol–water partition coefficient (Wildman–Crippen LogP) is -0.495. The van der Waals surface area contributed by atoms with E-state index in [1.54, 1.807) is 0 Å². The first-order chi connectivity index (χ1) is 7.56.